The highest BCUT2D eigenvalue weighted by atomic mass is 16.6. The molecule has 3 atom stereocenters. The number of hydrogen-bond acceptors (Lipinski definition) is 4. The maximum absolute atomic E-state index is 11.5. The van der Waals surface area contributed by atoms with Crippen molar-refractivity contribution in [3.8, 4) is 0 Å². The second-order valence-electron chi connectivity index (χ2n) is 4.12. The summed E-state index contributed by atoms with van der Waals surface area (Å²) in [6, 6.07) is 0. The van der Waals surface area contributed by atoms with Gasteiger partial charge in [0.25, 0.3) is 0 Å². The molecular weight excluding hydrogens is 196 g/mol. The Morgan fingerprint density at radius 2 is 2.20 bits per heavy atom. The highest BCUT2D eigenvalue weighted by molar-refractivity contribution is 5.74. The third-order valence-corrected chi connectivity index (χ3v) is 3.07. The first-order chi connectivity index (χ1) is 7.03. The fraction of sp³-hybridized carbons (Fsp3) is 0.909. The van der Waals surface area contributed by atoms with Crippen LogP contribution in [0, 0.1) is 0 Å². The van der Waals surface area contributed by atoms with Crippen molar-refractivity contribution in [1.29, 1.82) is 0 Å². The summed E-state index contributed by atoms with van der Waals surface area (Å²) in [6.45, 7) is 5.92. The highest BCUT2D eigenvalue weighted by Crippen LogP contribution is 2.31. The second-order valence-corrected chi connectivity index (χ2v) is 4.12. The Labute approximate surface area is 90.6 Å². The van der Waals surface area contributed by atoms with Crippen molar-refractivity contribution in [3.05, 3.63) is 0 Å². The van der Waals surface area contributed by atoms with E-state index in [-0.39, 0.29) is 5.97 Å². The zero-order valence-electron chi connectivity index (χ0n) is 9.66. The Morgan fingerprint density at radius 3 is 2.73 bits per heavy atom. The lowest BCUT2D eigenvalue weighted by molar-refractivity contribution is -0.202. The molecule has 1 aliphatic rings. The first-order valence-corrected chi connectivity index (χ1v) is 5.56. The fourth-order valence-electron chi connectivity index (χ4n) is 1.80. The molecule has 1 rings (SSSR count). The molecule has 0 aromatic rings. The van der Waals surface area contributed by atoms with Crippen LogP contribution >= 0.6 is 0 Å². The molecular formula is C11H20O4. The van der Waals surface area contributed by atoms with Gasteiger partial charge in [-0.25, -0.2) is 4.79 Å². The van der Waals surface area contributed by atoms with E-state index in [0.29, 0.717) is 25.9 Å². The summed E-state index contributed by atoms with van der Waals surface area (Å²) in [5.41, 5.74) is -0.615. The molecule has 4 heteroatoms. The predicted molar refractivity (Wildman–Crippen MR) is 55.4 cm³/mol. The van der Waals surface area contributed by atoms with Crippen LogP contribution in [0.25, 0.3) is 0 Å². The molecule has 1 fully saturated rings. The van der Waals surface area contributed by atoms with Crippen LogP contribution in [0.5, 0.6) is 0 Å². The third-order valence-electron chi connectivity index (χ3n) is 3.07. The summed E-state index contributed by atoms with van der Waals surface area (Å²) >= 11 is 0. The van der Waals surface area contributed by atoms with Crippen molar-refractivity contribution in [2.45, 2.75) is 57.8 Å². The van der Waals surface area contributed by atoms with Crippen LogP contribution in [-0.4, -0.2) is 35.5 Å². The molecule has 4 nitrogen and oxygen atoms in total. The Hall–Kier alpha value is -0.610. The Morgan fingerprint density at radius 1 is 1.53 bits per heavy atom. The summed E-state index contributed by atoms with van der Waals surface area (Å²) in [5.74, 6) is -0.316. The molecule has 0 aliphatic carbocycles. The molecule has 0 aromatic carbocycles. The molecule has 0 amide bonds. The first-order valence-electron chi connectivity index (χ1n) is 5.56. The average molecular weight is 216 g/mol. The van der Waals surface area contributed by atoms with E-state index in [1.165, 1.54) is 0 Å². The molecule has 1 N–H and O–H groups in total. The fourth-order valence-corrected chi connectivity index (χ4v) is 1.80. The van der Waals surface area contributed by atoms with Crippen LogP contribution in [0.15, 0.2) is 0 Å². The van der Waals surface area contributed by atoms with Gasteiger partial charge in [0.05, 0.1) is 18.3 Å². The van der Waals surface area contributed by atoms with Crippen molar-refractivity contribution in [2.24, 2.45) is 0 Å². The number of carbonyl (C=O) groups excluding carboxylic acids is 1. The lowest BCUT2D eigenvalue weighted by atomic mass is 9.88. The summed E-state index contributed by atoms with van der Waals surface area (Å²) in [6.07, 6.45) is 0.805. The number of hydrogen-bond donors (Lipinski definition) is 1. The van der Waals surface area contributed by atoms with Crippen LogP contribution in [0.2, 0.25) is 0 Å². The second kappa shape index (κ2) is 4.94. The quantitative estimate of drug-likeness (QED) is 0.721. The van der Waals surface area contributed by atoms with Gasteiger partial charge in [-0.2, -0.15) is 0 Å². The van der Waals surface area contributed by atoms with Crippen molar-refractivity contribution < 1.29 is 19.4 Å². The molecule has 0 bridgehead atoms. The SMILES string of the molecule is CCOC(=O)[C@H]1CC[C@H](O)[C@](C)(CC)O1. The summed E-state index contributed by atoms with van der Waals surface area (Å²) in [5, 5.41) is 9.78. The Kier molecular flexibility index (Phi) is 4.11. The highest BCUT2D eigenvalue weighted by Gasteiger charge is 2.41. The van der Waals surface area contributed by atoms with E-state index in [0.717, 1.165) is 0 Å². The zero-order chi connectivity index (χ0) is 11.5. The van der Waals surface area contributed by atoms with Gasteiger partial charge in [0, 0.05) is 0 Å². The van der Waals surface area contributed by atoms with Crippen molar-refractivity contribution in [2.75, 3.05) is 6.61 Å². The Bertz CT molecular complexity index is 229. The van der Waals surface area contributed by atoms with Gasteiger partial charge in [0.2, 0.25) is 0 Å². The number of carbonyl (C=O) groups is 1. The van der Waals surface area contributed by atoms with Gasteiger partial charge in [-0.1, -0.05) is 6.92 Å². The minimum Gasteiger partial charge on any atom is -0.464 e. The van der Waals surface area contributed by atoms with Gasteiger partial charge in [-0.05, 0) is 33.1 Å². The lowest BCUT2D eigenvalue weighted by Crippen LogP contribution is -2.51. The average Bonchev–Trinajstić information content (AvgIpc) is 2.22. The van der Waals surface area contributed by atoms with Crippen LogP contribution in [0.1, 0.15) is 40.0 Å². The molecule has 0 saturated carbocycles. The van der Waals surface area contributed by atoms with Crippen molar-refractivity contribution >= 4 is 5.97 Å². The monoisotopic (exact) mass is 216 g/mol. The van der Waals surface area contributed by atoms with E-state index < -0.39 is 17.8 Å². The number of ether oxygens (including phenoxy) is 2. The number of aliphatic hydroxyl groups excluding tert-OH is 1. The summed E-state index contributed by atoms with van der Waals surface area (Å²) in [4.78, 5) is 11.5. The standard InChI is InChI=1S/C11H20O4/c1-4-11(3)9(12)7-6-8(15-11)10(13)14-5-2/h8-9,12H,4-7H2,1-3H3/t8-,9+,11+/m1/s1. The predicted octanol–water partition coefficient (Wildman–Crippen LogP) is 1.26. The van der Waals surface area contributed by atoms with E-state index in [9.17, 15) is 9.90 Å². The van der Waals surface area contributed by atoms with Crippen molar-refractivity contribution in [1.82, 2.24) is 0 Å². The smallest absolute Gasteiger partial charge is 0.335 e. The Balaban J connectivity index is 2.61. The maximum Gasteiger partial charge on any atom is 0.335 e. The van der Waals surface area contributed by atoms with E-state index >= 15 is 0 Å². The topological polar surface area (TPSA) is 55.8 Å². The molecule has 0 spiro atoms. The molecule has 1 heterocycles. The van der Waals surface area contributed by atoms with E-state index in [1.807, 2.05) is 13.8 Å². The molecule has 1 aliphatic heterocycles. The van der Waals surface area contributed by atoms with Crippen LogP contribution in [-0.2, 0) is 14.3 Å². The molecule has 15 heavy (non-hydrogen) atoms. The van der Waals surface area contributed by atoms with E-state index in [2.05, 4.69) is 0 Å². The molecule has 0 unspecified atom stereocenters. The number of rotatable bonds is 3. The van der Waals surface area contributed by atoms with Crippen LogP contribution in [0.4, 0.5) is 0 Å². The normalized spacial score (nSPS) is 36.3. The number of aliphatic hydroxyl groups is 1. The largest absolute Gasteiger partial charge is 0.464 e. The minimum atomic E-state index is -0.615. The van der Waals surface area contributed by atoms with Crippen LogP contribution < -0.4 is 0 Å². The van der Waals surface area contributed by atoms with Gasteiger partial charge in [-0.3, -0.25) is 0 Å². The number of esters is 1. The first kappa shape index (κ1) is 12.5. The molecule has 1 saturated heterocycles. The maximum atomic E-state index is 11.5. The van der Waals surface area contributed by atoms with Gasteiger partial charge in [0.15, 0.2) is 6.10 Å². The summed E-state index contributed by atoms with van der Waals surface area (Å²) in [7, 11) is 0. The molecule has 0 aromatic heterocycles. The van der Waals surface area contributed by atoms with E-state index in [1.54, 1.807) is 6.92 Å². The van der Waals surface area contributed by atoms with Gasteiger partial charge < -0.3 is 14.6 Å². The lowest BCUT2D eigenvalue weighted by Gasteiger charge is -2.40. The zero-order valence-corrected chi connectivity index (χ0v) is 9.66. The molecule has 0 radical (unpaired) electrons. The third kappa shape index (κ3) is 2.69. The van der Waals surface area contributed by atoms with Gasteiger partial charge in [0.1, 0.15) is 0 Å². The van der Waals surface area contributed by atoms with Gasteiger partial charge in [-0.15, -0.1) is 0 Å². The van der Waals surface area contributed by atoms with Crippen molar-refractivity contribution in [3.63, 3.8) is 0 Å². The minimum absolute atomic E-state index is 0.316. The summed E-state index contributed by atoms with van der Waals surface area (Å²) < 4.78 is 10.5. The van der Waals surface area contributed by atoms with Crippen LogP contribution in [0.3, 0.4) is 0 Å². The van der Waals surface area contributed by atoms with Gasteiger partial charge >= 0.3 is 5.97 Å². The van der Waals surface area contributed by atoms with E-state index in [4.69, 9.17) is 9.47 Å². The molecule has 88 valence electrons.